The highest BCUT2D eigenvalue weighted by Crippen LogP contribution is 2.46. The number of hydrogen-bond donors (Lipinski definition) is 1. The summed E-state index contributed by atoms with van der Waals surface area (Å²) in [5.41, 5.74) is 9.80. The molecular weight excluding hydrogens is 484 g/mol. The third-order valence-electron chi connectivity index (χ3n) is 10.6. The molecule has 0 aliphatic heterocycles. The molecule has 0 saturated carbocycles. The van der Waals surface area contributed by atoms with Crippen molar-refractivity contribution in [3.05, 3.63) is 88.0 Å². The predicted octanol–water partition coefficient (Wildman–Crippen LogP) is 11.6. The maximum atomic E-state index is 12.0. The molecule has 222 valence electrons. The summed E-state index contributed by atoms with van der Waals surface area (Å²) >= 11 is 0. The van der Waals surface area contributed by atoms with Crippen LogP contribution in [-0.2, 0) is 28.1 Å². The highest BCUT2D eigenvalue weighted by Gasteiger charge is 2.33. The van der Waals surface area contributed by atoms with Gasteiger partial charge in [0.05, 0.1) is 0 Å². The molecular formula is C39H60O. The number of phenols is 1. The molecule has 0 bridgehead atoms. The Morgan fingerprint density at radius 2 is 1.10 bits per heavy atom. The summed E-state index contributed by atoms with van der Waals surface area (Å²) in [4.78, 5) is 0. The Hall–Kier alpha value is -2.28. The van der Waals surface area contributed by atoms with Gasteiger partial charge in [0.15, 0.2) is 0 Å². The van der Waals surface area contributed by atoms with E-state index in [-0.39, 0.29) is 27.6 Å². The lowest BCUT2D eigenvalue weighted by Crippen LogP contribution is -2.24. The van der Waals surface area contributed by atoms with Crippen LogP contribution < -0.4 is 0 Å². The number of rotatable bonds is 13. The second-order valence-electron chi connectivity index (χ2n) is 14.8. The predicted molar refractivity (Wildman–Crippen MR) is 178 cm³/mol. The minimum Gasteiger partial charge on any atom is -0.507 e. The fraction of sp³-hybridized carbons (Fsp3) is 0.590. The van der Waals surface area contributed by atoms with E-state index in [1.54, 1.807) is 0 Å². The van der Waals surface area contributed by atoms with Crippen LogP contribution in [0.3, 0.4) is 0 Å². The summed E-state index contributed by atoms with van der Waals surface area (Å²) in [5, 5.41) is 12.0. The number of phenolic OH excluding ortho intramolecular Hbond substituents is 1. The highest BCUT2D eigenvalue weighted by molar-refractivity contribution is 5.56. The summed E-state index contributed by atoms with van der Waals surface area (Å²) in [6.07, 6.45) is 6.77. The Morgan fingerprint density at radius 3 is 1.52 bits per heavy atom. The van der Waals surface area contributed by atoms with Crippen LogP contribution in [0.5, 0.6) is 5.75 Å². The van der Waals surface area contributed by atoms with Gasteiger partial charge in [-0.25, -0.2) is 0 Å². The van der Waals surface area contributed by atoms with Gasteiger partial charge < -0.3 is 5.11 Å². The smallest absolute Gasteiger partial charge is 0.123 e. The third-order valence-corrected chi connectivity index (χ3v) is 10.6. The lowest BCUT2D eigenvalue weighted by molar-refractivity contribution is 0.418. The summed E-state index contributed by atoms with van der Waals surface area (Å²) < 4.78 is 0. The average molecular weight is 545 g/mol. The van der Waals surface area contributed by atoms with Gasteiger partial charge in [-0.05, 0) is 81.6 Å². The molecule has 1 atom stereocenters. The Kier molecular flexibility index (Phi) is 10.4. The SMILES string of the molecule is C=CC(=C)Cc1c(C(C)c2cc(C(C)(C)CC)cc(C(C)(C)CC)c2O)cc(C(C)(C)CC)cc1C(C)(C)CC. The van der Waals surface area contributed by atoms with Crippen molar-refractivity contribution in [2.24, 2.45) is 0 Å². The first kappa shape index (κ1) is 33.9. The van der Waals surface area contributed by atoms with E-state index in [1.165, 1.54) is 27.8 Å². The maximum Gasteiger partial charge on any atom is 0.123 e. The van der Waals surface area contributed by atoms with Gasteiger partial charge in [-0.3, -0.25) is 0 Å². The van der Waals surface area contributed by atoms with Crippen LogP contribution in [0.15, 0.2) is 49.1 Å². The van der Waals surface area contributed by atoms with E-state index in [4.69, 9.17) is 0 Å². The Balaban J connectivity index is 3.10. The van der Waals surface area contributed by atoms with Gasteiger partial charge in [-0.15, -0.1) is 0 Å². The molecule has 0 aliphatic carbocycles. The number of hydrogen-bond acceptors (Lipinski definition) is 1. The number of allylic oxidation sites excluding steroid dienone is 2. The topological polar surface area (TPSA) is 20.2 Å². The summed E-state index contributed by atoms with van der Waals surface area (Å²) in [7, 11) is 0. The molecule has 0 aliphatic rings. The van der Waals surface area contributed by atoms with Crippen LogP contribution in [0.4, 0.5) is 0 Å². The lowest BCUT2D eigenvalue weighted by Gasteiger charge is -2.35. The van der Waals surface area contributed by atoms with Gasteiger partial charge >= 0.3 is 0 Å². The molecule has 2 aromatic carbocycles. The summed E-state index contributed by atoms with van der Waals surface area (Å²) in [6, 6.07) is 9.49. The molecule has 0 spiro atoms. The van der Waals surface area contributed by atoms with E-state index in [9.17, 15) is 5.11 Å². The molecule has 1 N–H and O–H groups in total. The van der Waals surface area contributed by atoms with Crippen LogP contribution in [-0.4, -0.2) is 5.11 Å². The van der Waals surface area contributed by atoms with Crippen LogP contribution >= 0.6 is 0 Å². The van der Waals surface area contributed by atoms with Gasteiger partial charge in [0.25, 0.3) is 0 Å². The fourth-order valence-corrected chi connectivity index (χ4v) is 5.42. The molecule has 0 saturated heterocycles. The van der Waals surface area contributed by atoms with Crippen molar-refractivity contribution in [2.75, 3.05) is 0 Å². The van der Waals surface area contributed by atoms with Gasteiger partial charge in [-0.2, -0.15) is 0 Å². The largest absolute Gasteiger partial charge is 0.507 e. The number of benzene rings is 2. The van der Waals surface area contributed by atoms with Crippen LogP contribution in [0, 0.1) is 0 Å². The van der Waals surface area contributed by atoms with E-state index in [1.807, 2.05) is 6.08 Å². The first-order valence-electron chi connectivity index (χ1n) is 15.7. The lowest BCUT2D eigenvalue weighted by atomic mass is 9.69. The van der Waals surface area contributed by atoms with Crippen molar-refractivity contribution in [2.45, 2.75) is 150 Å². The molecule has 0 radical (unpaired) electrons. The fourth-order valence-electron chi connectivity index (χ4n) is 5.42. The molecule has 0 amide bonds. The van der Waals surface area contributed by atoms with E-state index >= 15 is 0 Å². The zero-order valence-electron chi connectivity index (χ0n) is 28.4. The van der Waals surface area contributed by atoms with Crippen molar-refractivity contribution >= 4 is 0 Å². The first-order chi connectivity index (χ1) is 18.3. The minimum atomic E-state index is -0.125. The van der Waals surface area contributed by atoms with Gasteiger partial charge in [0, 0.05) is 17.0 Å². The third kappa shape index (κ3) is 6.78. The van der Waals surface area contributed by atoms with Crippen molar-refractivity contribution in [3.8, 4) is 5.75 Å². The molecule has 0 aromatic heterocycles. The average Bonchev–Trinajstić information content (AvgIpc) is 2.92. The van der Waals surface area contributed by atoms with Crippen molar-refractivity contribution in [1.29, 1.82) is 0 Å². The van der Waals surface area contributed by atoms with Crippen molar-refractivity contribution in [1.82, 2.24) is 0 Å². The number of aromatic hydroxyl groups is 1. The monoisotopic (exact) mass is 544 g/mol. The van der Waals surface area contributed by atoms with Crippen LogP contribution in [0.25, 0.3) is 0 Å². The van der Waals surface area contributed by atoms with E-state index in [0.29, 0.717) is 5.75 Å². The zero-order chi connectivity index (χ0) is 30.8. The summed E-state index contributed by atoms with van der Waals surface area (Å²) in [5.74, 6) is 0.477. The first-order valence-corrected chi connectivity index (χ1v) is 15.7. The Bertz CT molecular complexity index is 1220. The standard InChI is InChI=1S/C39H60O/c1-16-26(6)21-32-30(22-28(36(8,9)17-2)24-33(32)38(12,13)19-4)27(7)31-23-29(37(10,11)18-3)25-34(35(31)40)39(14,15)20-5/h16,22-25,27,40H,1,6,17-21H2,2-5,7-15H3. The van der Waals surface area contributed by atoms with E-state index in [2.05, 4.69) is 127 Å². The minimum absolute atomic E-state index is 0.00847. The van der Waals surface area contributed by atoms with Gasteiger partial charge in [-0.1, -0.05) is 139 Å². The molecule has 1 nitrogen and oxygen atoms in total. The molecule has 0 fully saturated rings. The molecule has 1 heteroatoms. The maximum absolute atomic E-state index is 12.0. The van der Waals surface area contributed by atoms with Gasteiger partial charge in [0.2, 0.25) is 0 Å². The van der Waals surface area contributed by atoms with Crippen LogP contribution in [0.2, 0.25) is 0 Å². The van der Waals surface area contributed by atoms with Crippen molar-refractivity contribution in [3.63, 3.8) is 0 Å². The second-order valence-corrected chi connectivity index (χ2v) is 14.8. The normalized spacial score (nSPS) is 13.8. The molecule has 2 rings (SSSR count). The van der Waals surface area contributed by atoms with E-state index < -0.39 is 0 Å². The van der Waals surface area contributed by atoms with E-state index in [0.717, 1.165) is 48.8 Å². The molecule has 1 unspecified atom stereocenters. The molecule has 40 heavy (non-hydrogen) atoms. The summed E-state index contributed by atoms with van der Waals surface area (Å²) in [6.45, 7) is 38.3. The Labute approximate surface area is 248 Å². The highest BCUT2D eigenvalue weighted by atomic mass is 16.3. The quantitative estimate of drug-likeness (QED) is 0.249. The van der Waals surface area contributed by atoms with Gasteiger partial charge in [0.1, 0.15) is 5.75 Å². The molecule has 2 aromatic rings. The Morgan fingerprint density at radius 1 is 0.700 bits per heavy atom. The second kappa shape index (κ2) is 12.3. The van der Waals surface area contributed by atoms with Crippen molar-refractivity contribution < 1.29 is 5.11 Å². The zero-order valence-corrected chi connectivity index (χ0v) is 28.4. The van der Waals surface area contributed by atoms with Crippen LogP contribution in [0.1, 0.15) is 161 Å². The molecule has 0 heterocycles.